The predicted octanol–water partition coefficient (Wildman–Crippen LogP) is 3.91. The molecule has 2 aromatic rings. The van der Waals surface area contributed by atoms with Crippen LogP contribution >= 0.6 is 0 Å². The van der Waals surface area contributed by atoms with Crippen molar-refractivity contribution in [1.82, 2.24) is 0 Å². The number of hydrogen-bond acceptors (Lipinski definition) is 2. The molecule has 0 atom stereocenters. The lowest BCUT2D eigenvalue weighted by Crippen LogP contribution is -2.18. The zero-order valence-electron chi connectivity index (χ0n) is 12.5. The molecule has 1 heterocycles. The number of nitrogens with one attached hydrogen (secondary N) is 2. The smallest absolute Gasteiger partial charge is 0.255 e. The van der Waals surface area contributed by atoms with Gasteiger partial charge in [-0.2, -0.15) is 0 Å². The Morgan fingerprint density at radius 3 is 2.90 bits per heavy atom. The minimum atomic E-state index is -0.0322. The molecule has 0 spiro atoms. The molecule has 0 bridgehead atoms. The monoisotopic (exact) mass is 280 g/mol. The van der Waals surface area contributed by atoms with E-state index in [2.05, 4.69) is 16.7 Å². The quantitative estimate of drug-likeness (QED) is 0.875. The van der Waals surface area contributed by atoms with Crippen molar-refractivity contribution in [1.29, 1.82) is 0 Å². The van der Waals surface area contributed by atoms with Crippen molar-refractivity contribution >= 4 is 17.3 Å². The summed E-state index contributed by atoms with van der Waals surface area (Å²) in [6.45, 7) is 4.97. The first kappa shape index (κ1) is 13.7. The van der Waals surface area contributed by atoms with Gasteiger partial charge in [-0.15, -0.1) is 0 Å². The summed E-state index contributed by atoms with van der Waals surface area (Å²) in [4.78, 5) is 12.5. The van der Waals surface area contributed by atoms with E-state index in [-0.39, 0.29) is 5.91 Å². The third kappa shape index (κ3) is 2.77. The Balaban J connectivity index is 1.90. The van der Waals surface area contributed by atoms with Crippen LogP contribution in [0.4, 0.5) is 11.4 Å². The Bertz CT molecular complexity index is 692. The Morgan fingerprint density at radius 2 is 2.05 bits per heavy atom. The van der Waals surface area contributed by atoms with E-state index >= 15 is 0 Å². The normalized spacial score (nSPS) is 13.2. The summed E-state index contributed by atoms with van der Waals surface area (Å²) >= 11 is 0. The second kappa shape index (κ2) is 5.60. The number of hydrogen-bond donors (Lipinski definition) is 2. The summed E-state index contributed by atoms with van der Waals surface area (Å²) < 4.78 is 0. The van der Waals surface area contributed by atoms with Gasteiger partial charge in [0, 0.05) is 23.5 Å². The molecule has 3 nitrogen and oxygen atoms in total. The van der Waals surface area contributed by atoms with E-state index in [1.54, 1.807) is 0 Å². The van der Waals surface area contributed by atoms with E-state index in [1.165, 1.54) is 5.56 Å². The minimum Gasteiger partial charge on any atom is -0.385 e. The highest BCUT2D eigenvalue weighted by Gasteiger charge is 2.15. The predicted molar refractivity (Wildman–Crippen MR) is 87.1 cm³/mol. The number of amides is 1. The fourth-order valence-corrected chi connectivity index (χ4v) is 2.80. The number of fused-ring (bicyclic) bond motifs is 1. The van der Waals surface area contributed by atoms with Crippen LogP contribution in [0.3, 0.4) is 0 Å². The summed E-state index contributed by atoms with van der Waals surface area (Å²) in [6, 6.07) is 12.0. The number of rotatable bonds is 2. The minimum absolute atomic E-state index is 0.0322. The molecule has 3 rings (SSSR count). The van der Waals surface area contributed by atoms with Crippen LogP contribution in [-0.2, 0) is 6.42 Å². The molecule has 108 valence electrons. The SMILES string of the molecule is Cc1ccc(C)c(C(=O)Nc2cccc3c2CCCN3)c1. The van der Waals surface area contributed by atoms with Gasteiger partial charge in [0.05, 0.1) is 0 Å². The van der Waals surface area contributed by atoms with Crippen LogP contribution in [0.2, 0.25) is 0 Å². The van der Waals surface area contributed by atoms with Crippen LogP contribution in [0.5, 0.6) is 0 Å². The molecule has 0 unspecified atom stereocenters. The van der Waals surface area contributed by atoms with Gasteiger partial charge in [-0.25, -0.2) is 0 Å². The second-order valence-electron chi connectivity index (χ2n) is 5.63. The van der Waals surface area contributed by atoms with Gasteiger partial charge in [-0.05, 0) is 56.0 Å². The molecular weight excluding hydrogens is 260 g/mol. The van der Waals surface area contributed by atoms with Gasteiger partial charge in [0.2, 0.25) is 0 Å². The standard InChI is InChI=1S/C18H20N2O/c1-12-8-9-13(2)15(11-12)18(21)20-17-7-3-6-16-14(17)5-4-10-19-16/h3,6-9,11,19H,4-5,10H2,1-2H3,(H,20,21). The van der Waals surface area contributed by atoms with Gasteiger partial charge < -0.3 is 10.6 Å². The van der Waals surface area contributed by atoms with E-state index < -0.39 is 0 Å². The molecule has 21 heavy (non-hydrogen) atoms. The number of anilines is 2. The van der Waals surface area contributed by atoms with Crippen molar-refractivity contribution in [3.8, 4) is 0 Å². The molecule has 0 aliphatic carbocycles. The van der Waals surface area contributed by atoms with Crippen molar-refractivity contribution in [3.05, 3.63) is 58.7 Å². The second-order valence-corrected chi connectivity index (χ2v) is 5.63. The molecular formula is C18H20N2O. The Labute approximate surface area is 125 Å². The third-order valence-electron chi connectivity index (χ3n) is 3.98. The summed E-state index contributed by atoms with van der Waals surface area (Å²) in [6.07, 6.45) is 2.11. The van der Waals surface area contributed by atoms with Crippen molar-refractivity contribution in [2.45, 2.75) is 26.7 Å². The maximum absolute atomic E-state index is 12.5. The van der Waals surface area contributed by atoms with Crippen molar-refractivity contribution < 1.29 is 4.79 Å². The zero-order valence-corrected chi connectivity index (χ0v) is 12.5. The number of carbonyl (C=O) groups excluding carboxylic acids is 1. The van der Waals surface area contributed by atoms with Crippen LogP contribution in [0.15, 0.2) is 36.4 Å². The van der Waals surface area contributed by atoms with E-state index in [1.807, 2.05) is 44.2 Å². The van der Waals surface area contributed by atoms with Crippen molar-refractivity contribution in [2.75, 3.05) is 17.2 Å². The molecule has 0 radical (unpaired) electrons. The third-order valence-corrected chi connectivity index (χ3v) is 3.98. The van der Waals surface area contributed by atoms with Crippen LogP contribution in [0, 0.1) is 13.8 Å². The zero-order chi connectivity index (χ0) is 14.8. The molecule has 2 aromatic carbocycles. The van der Waals surface area contributed by atoms with Gasteiger partial charge in [-0.3, -0.25) is 4.79 Å². The molecule has 1 aliphatic rings. The fourth-order valence-electron chi connectivity index (χ4n) is 2.80. The topological polar surface area (TPSA) is 41.1 Å². The van der Waals surface area contributed by atoms with E-state index in [4.69, 9.17) is 0 Å². The van der Waals surface area contributed by atoms with E-state index in [9.17, 15) is 4.79 Å². The maximum Gasteiger partial charge on any atom is 0.255 e. The first-order valence-corrected chi connectivity index (χ1v) is 7.39. The van der Waals surface area contributed by atoms with E-state index in [0.29, 0.717) is 0 Å². The molecule has 0 saturated heterocycles. The Kier molecular flexibility index (Phi) is 3.65. The number of carbonyl (C=O) groups is 1. The fraction of sp³-hybridized carbons (Fsp3) is 0.278. The molecule has 3 heteroatoms. The van der Waals surface area contributed by atoms with Gasteiger partial charge in [0.15, 0.2) is 0 Å². The van der Waals surface area contributed by atoms with Crippen molar-refractivity contribution in [3.63, 3.8) is 0 Å². The lowest BCUT2D eigenvalue weighted by molar-refractivity contribution is 0.102. The lowest BCUT2D eigenvalue weighted by atomic mass is 10.0. The van der Waals surface area contributed by atoms with Crippen LogP contribution in [-0.4, -0.2) is 12.5 Å². The molecule has 0 fully saturated rings. The van der Waals surface area contributed by atoms with Gasteiger partial charge in [-0.1, -0.05) is 23.8 Å². The van der Waals surface area contributed by atoms with Crippen LogP contribution in [0.25, 0.3) is 0 Å². The molecule has 0 aromatic heterocycles. The van der Waals surface area contributed by atoms with Crippen LogP contribution < -0.4 is 10.6 Å². The average Bonchev–Trinajstić information content (AvgIpc) is 2.50. The first-order chi connectivity index (χ1) is 10.1. The van der Waals surface area contributed by atoms with E-state index in [0.717, 1.165) is 47.5 Å². The largest absolute Gasteiger partial charge is 0.385 e. The molecule has 1 amide bonds. The molecule has 1 aliphatic heterocycles. The average molecular weight is 280 g/mol. The van der Waals surface area contributed by atoms with Gasteiger partial charge >= 0.3 is 0 Å². The maximum atomic E-state index is 12.5. The summed E-state index contributed by atoms with van der Waals surface area (Å²) in [5.41, 5.74) is 6.12. The Morgan fingerprint density at radius 1 is 1.19 bits per heavy atom. The summed E-state index contributed by atoms with van der Waals surface area (Å²) in [5, 5.41) is 6.46. The van der Waals surface area contributed by atoms with Gasteiger partial charge in [0.25, 0.3) is 5.91 Å². The lowest BCUT2D eigenvalue weighted by Gasteiger charge is -2.21. The number of aryl methyl sites for hydroxylation is 2. The van der Waals surface area contributed by atoms with Crippen LogP contribution in [0.1, 0.15) is 33.5 Å². The summed E-state index contributed by atoms with van der Waals surface area (Å²) in [5.74, 6) is -0.0322. The first-order valence-electron chi connectivity index (χ1n) is 7.39. The van der Waals surface area contributed by atoms with Crippen molar-refractivity contribution in [2.24, 2.45) is 0 Å². The highest BCUT2D eigenvalue weighted by atomic mass is 16.1. The number of benzene rings is 2. The molecule has 2 N–H and O–H groups in total. The highest BCUT2D eigenvalue weighted by Crippen LogP contribution is 2.29. The highest BCUT2D eigenvalue weighted by molar-refractivity contribution is 6.06. The Hall–Kier alpha value is -2.29. The van der Waals surface area contributed by atoms with Gasteiger partial charge in [0.1, 0.15) is 0 Å². The summed E-state index contributed by atoms with van der Waals surface area (Å²) in [7, 11) is 0. The molecule has 0 saturated carbocycles.